The fraction of sp³-hybridized carbons (Fsp3) is 0.897. The smallest absolute Gasteiger partial charge is 0.187 e. The lowest BCUT2D eigenvalue weighted by Crippen LogP contribution is -2.60. The summed E-state index contributed by atoms with van der Waals surface area (Å²) in [5.74, 6) is 0.983. The van der Waals surface area contributed by atoms with Crippen LogP contribution in [-0.2, 0) is 23.7 Å². The summed E-state index contributed by atoms with van der Waals surface area (Å²) in [6.45, 7) is 8.75. The number of ether oxygens (including phenoxy) is 5. The zero-order valence-electron chi connectivity index (χ0n) is 31.0. The van der Waals surface area contributed by atoms with Crippen LogP contribution in [0.1, 0.15) is 85.5 Å². The SMILES string of the molecule is CC[C@]12CCC3C(=C1[C@H](O)C[C@@H]2C/C=C/[C@@H](C)[C@H](C)COC1OCC(O)C(O)C1OC1OCC(O)C(O)C1OC)C[C@H](O)C1C[C@@H](O)CC[C@]31C. The highest BCUT2D eigenvalue weighted by Crippen LogP contribution is 2.66. The fourth-order valence-electron chi connectivity index (χ4n) is 10.9. The number of rotatable bonds is 11. The number of hydrogen-bond acceptors (Lipinski definition) is 12. The third-order valence-corrected chi connectivity index (χ3v) is 14.2. The predicted octanol–water partition coefficient (Wildman–Crippen LogP) is 2.19. The van der Waals surface area contributed by atoms with Gasteiger partial charge in [0, 0.05) is 7.11 Å². The molecule has 51 heavy (non-hydrogen) atoms. The quantitative estimate of drug-likeness (QED) is 0.154. The molecule has 292 valence electrons. The first-order valence-electron chi connectivity index (χ1n) is 19.4. The highest BCUT2D eigenvalue weighted by molar-refractivity contribution is 5.39. The van der Waals surface area contributed by atoms with Gasteiger partial charge in [-0.25, -0.2) is 0 Å². The summed E-state index contributed by atoms with van der Waals surface area (Å²) < 4.78 is 28.7. The molecule has 18 atom stereocenters. The minimum absolute atomic E-state index is 0.0424. The Balaban J connectivity index is 1.08. The maximum atomic E-state index is 11.6. The van der Waals surface area contributed by atoms with Gasteiger partial charge in [0.25, 0.3) is 0 Å². The molecule has 2 aliphatic heterocycles. The van der Waals surface area contributed by atoms with Gasteiger partial charge in [0.1, 0.15) is 36.6 Å². The van der Waals surface area contributed by atoms with Crippen molar-refractivity contribution >= 4 is 0 Å². The van der Waals surface area contributed by atoms with Crippen LogP contribution in [0.15, 0.2) is 23.3 Å². The Hall–Kier alpha value is -1.00. The number of aliphatic hydroxyl groups excluding tert-OH is 7. The van der Waals surface area contributed by atoms with Crippen molar-refractivity contribution in [2.24, 2.45) is 40.4 Å². The summed E-state index contributed by atoms with van der Waals surface area (Å²) in [6, 6.07) is 0. The molecule has 0 radical (unpaired) electrons. The molecule has 0 aromatic rings. The molecule has 4 aliphatic carbocycles. The summed E-state index contributed by atoms with van der Waals surface area (Å²) in [5.41, 5.74) is 2.42. The van der Waals surface area contributed by atoms with Crippen LogP contribution in [-0.4, -0.2) is 130 Å². The Morgan fingerprint density at radius 2 is 1.57 bits per heavy atom. The van der Waals surface area contributed by atoms with Gasteiger partial charge in [0.2, 0.25) is 0 Å². The largest absolute Gasteiger partial charge is 0.393 e. The molecular formula is C39H64O12. The second-order valence-corrected chi connectivity index (χ2v) is 17.0. The van der Waals surface area contributed by atoms with E-state index in [0.717, 1.165) is 44.9 Å². The van der Waals surface area contributed by atoms with E-state index in [1.54, 1.807) is 0 Å². The Bertz CT molecular complexity index is 1240. The van der Waals surface area contributed by atoms with E-state index in [-0.39, 0.29) is 54.5 Å². The van der Waals surface area contributed by atoms with Crippen LogP contribution in [0.2, 0.25) is 0 Å². The highest BCUT2D eigenvalue weighted by atomic mass is 16.8. The molecule has 0 spiro atoms. The summed E-state index contributed by atoms with van der Waals surface area (Å²) >= 11 is 0. The Morgan fingerprint density at radius 3 is 2.25 bits per heavy atom. The maximum Gasteiger partial charge on any atom is 0.187 e. The molecule has 5 fully saturated rings. The molecule has 12 nitrogen and oxygen atoms in total. The molecule has 0 aromatic carbocycles. The third-order valence-electron chi connectivity index (χ3n) is 14.2. The topological polar surface area (TPSA) is 188 Å². The van der Waals surface area contributed by atoms with Gasteiger partial charge in [-0.3, -0.25) is 0 Å². The molecule has 0 amide bonds. The van der Waals surface area contributed by atoms with Crippen molar-refractivity contribution in [2.75, 3.05) is 26.9 Å². The molecule has 6 rings (SSSR count). The van der Waals surface area contributed by atoms with Crippen LogP contribution in [0.4, 0.5) is 0 Å². The maximum absolute atomic E-state index is 11.6. The predicted molar refractivity (Wildman–Crippen MR) is 186 cm³/mol. The van der Waals surface area contributed by atoms with Gasteiger partial charge in [-0.05, 0) is 104 Å². The lowest BCUT2D eigenvalue weighted by molar-refractivity contribution is -0.346. The van der Waals surface area contributed by atoms with Crippen molar-refractivity contribution in [2.45, 2.75) is 153 Å². The van der Waals surface area contributed by atoms with E-state index in [1.165, 1.54) is 18.3 Å². The monoisotopic (exact) mass is 724 g/mol. The second-order valence-electron chi connectivity index (χ2n) is 17.0. The summed E-state index contributed by atoms with van der Waals surface area (Å²) in [7, 11) is 1.36. The van der Waals surface area contributed by atoms with Gasteiger partial charge in [0.05, 0.1) is 38.1 Å². The van der Waals surface area contributed by atoms with Crippen LogP contribution < -0.4 is 0 Å². The highest BCUT2D eigenvalue weighted by Gasteiger charge is 2.59. The first-order chi connectivity index (χ1) is 24.2. The first-order valence-corrected chi connectivity index (χ1v) is 19.4. The number of hydrogen-bond donors (Lipinski definition) is 7. The number of aliphatic hydroxyl groups is 7. The van der Waals surface area contributed by atoms with Crippen LogP contribution in [0.5, 0.6) is 0 Å². The minimum atomic E-state index is -1.33. The van der Waals surface area contributed by atoms with Crippen molar-refractivity contribution in [1.82, 2.24) is 0 Å². The minimum Gasteiger partial charge on any atom is -0.393 e. The normalized spacial score (nSPS) is 48.6. The molecule has 0 aromatic heterocycles. The molecule has 3 saturated carbocycles. The van der Waals surface area contributed by atoms with Crippen LogP contribution in [0.25, 0.3) is 0 Å². The molecular weight excluding hydrogens is 660 g/mol. The van der Waals surface area contributed by atoms with E-state index < -0.39 is 61.4 Å². The Kier molecular flexibility index (Phi) is 12.5. The lowest BCUT2D eigenvalue weighted by Gasteiger charge is -2.58. The Morgan fingerprint density at radius 1 is 0.882 bits per heavy atom. The van der Waals surface area contributed by atoms with E-state index >= 15 is 0 Å². The number of allylic oxidation sites excluding steroid dienone is 2. The van der Waals surface area contributed by atoms with E-state index in [9.17, 15) is 35.7 Å². The molecule has 2 saturated heterocycles. The second kappa shape index (κ2) is 16.0. The average molecular weight is 725 g/mol. The molecule has 2 heterocycles. The first kappa shape index (κ1) is 39.7. The summed E-state index contributed by atoms with van der Waals surface area (Å²) in [6.07, 6.45) is 1.59. The van der Waals surface area contributed by atoms with E-state index in [4.69, 9.17) is 23.7 Å². The lowest BCUT2D eigenvalue weighted by atomic mass is 9.48. The average Bonchev–Trinajstić information content (AvgIpc) is 3.40. The number of methoxy groups -OCH3 is 1. The molecule has 0 bridgehead atoms. The van der Waals surface area contributed by atoms with Crippen molar-refractivity contribution < 1.29 is 59.4 Å². The molecule has 7 N–H and O–H groups in total. The van der Waals surface area contributed by atoms with Gasteiger partial charge in [-0.15, -0.1) is 0 Å². The summed E-state index contributed by atoms with van der Waals surface area (Å²) in [5, 5.41) is 74.9. The van der Waals surface area contributed by atoms with Crippen molar-refractivity contribution in [3.8, 4) is 0 Å². The van der Waals surface area contributed by atoms with Crippen molar-refractivity contribution in [3.05, 3.63) is 23.3 Å². The standard InChI is InChI=1S/C39H64O12/c1-6-39-13-11-25-24(16-27(41)26-15-23(40)10-12-38(25,26)4)31(39)28(42)14-22(39)9-7-8-20(2)21(3)17-48-36-35(33(46)30(44)18-49-36)51-37-34(47-5)32(45)29(43)19-50-37/h7-8,20-23,25-30,32-37,40-46H,6,9-19H2,1-5H3/b8-7+/t20-,21-,22+,23+,25?,26?,27+,28-,29?,30?,32?,33?,34?,35?,36?,37?,38-,39-/m1/s1. The molecule has 12 heteroatoms. The van der Waals surface area contributed by atoms with Gasteiger partial charge >= 0.3 is 0 Å². The van der Waals surface area contributed by atoms with E-state index in [0.29, 0.717) is 24.7 Å². The van der Waals surface area contributed by atoms with E-state index in [1.807, 2.05) is 0 Å². The van der Waals surface area contributed by atoms with Gasteiger partial charge in [-0.2, -0.15) is 0 Å². The number of fused-ring (bicyclic) bond motifs is 4. The zero-order valence-corrected chi connectivity index (χ0v) is 31.0. The summed E-state index contributed by atoms with van der Waals surface area (Å²) in [4.78, 5) is 0. The van der Waals surface area contributed by atoms with Gasteiger partial charge < -0.3 is 59.4 Å². The van der Waals surface area contributed by atoms with Crippen molar-refractivity contribution in [3.63, 3.8) is 0 Å². The fourth-order valence-corrected chi connectivity index (χ4v) is 10.9. The van der Waals surface area contributed by atoms with Crippen molar-refractivity contribution in [1.29, 1.82) is 0 Å². The van der Waals surface area contributed by atoms with Crippen LogP contribution in [0.3, 0.4) is 0 Å². The molecule has 6 aliphatic rings. The zero-order chi connectivity index (χ0) is 36.8. The van der Waals surface area contributed by atoms with Crippen LogP contribution >= 0.6 is 0 Å². The van der Waals surface area contributed by atoms with E-state index in [2.05, 4.69) is 39.8 Å². The third kappa shape index (κ3) is 7.39. The molecule has 10 unspecified atom stereocenters. The van der Waals surface area contributed by atoms with Gasteiger partial charge in [-0.1, -0.05) is 45.4 Å². The van der Waals surface area contributed by atoms with Gasteiger partial charge in [0.15, 0.2) is 12.6 Å². The van der Waals surface area contributed by atoms with Crippen LogP contribution in [0, 0.1) is 40.4 Å². The Labute approximate surface area is 302 Å².